The van der Waals surface area contributed by atoms with Gasteiger partial charge in [-0.05, 0) is 126 Å². The first kappa shape index (κ1) is 44.5. The van der Waals surface area contributed by atoms with Gasteiger partial charge in [-0.25, -0.2) is 0 Å². The van der Waals surface area contributed by atoms with Crippen molar-refractivity contribution >= 4 is 0 Å². The molecular weight excluding hydrogens is 685 g/mol. The third-order valence-corrected chi connectivity index (χ3v) is 13.2. The second kappa shape index (κ2) is 23.7. The number of hydrogen-bond acceptors (Lipinski definition) is 0. The van der Waals surface area contributed by atoms with Crippen LogP contribution >= 0.6 is 0 Å². The summed E-state index contributed by atoms with van der Waals surface area (Å²) in [6.07, 6.45) is 32.5. The van der Waals surface area contributed by atoms with Crippen LogP contribution in [0.15, 0.2) is 114 Å². The highest BCUT2D eigenvalue weighted by Crippen LogP contribution is 2.47. The van der Waals surface area contributed by atoms with E-state index in [1.165, 1.54) is 171 Å². The van der Waals surface area contributed by atoms with Crippen LogP contribution in [0.25, 0.3) is 33.4 Å². The van der Waals surface area contributed by atoms with Crippen LogP contribution in [0.5, 0.6) is 0 Å². The van der Waals surface area contributed by atoms with E-state index in [1.807, 2.05) is 0 Å². The zero-order valence-electron chi connectivity index (χ0n) is 37.2. The largest absolute Gasteiger partial charge is 0.0764 e. The number of unbranched alkanes of at least 4 members (excludes halogenated alkanes) is 12. The summed E-state index contributed by atoms with van der Waals surface area (Å²) in [6.45, 7) is 14.2. The van der Waals surface area contributed by atoms with E-state index in [2.05, 4.69) is 145 Å². The normalized spacial score (nSPS) is 14.5. The lowest BCUT2D eigenvalue weighted by molar-refractivity contribution is 0.293. The molecule has 1 aliphatic rings. The van der Waals surface area contributed by atoms with Crippen molar-refractivity contribution in [1.29, 1.82) is 0 Å². The maximum atomic E-state index is 2.64. The van der Waals surface area contributed by atoms with Crippen LogP contribution in [0, 0.1) is 5.41 Å². The fraction of sp³-hybridized carbons (Fsp3) is 0.509. The molecule has 5 rings (SSSR count). The molecule has 1 atom stereocenters. The van der Waals surface area contributed by atoms with Gasteiger partial charge < -0.3 is 0 Å². The van der Waals surface area contributed by atoms with Gasteiger partial charge in [0.15, 0.2) is 0 Å². The Morgan fingerprint density at radius 3 is 1.42 bits per heavy atom. The minimum Gasteiger partial charge on any atom is -0.0764 e. The van der Waals surface area contributed by atoms with E-state index in [4.69, 9.17) is 0 Å². The molecule has 1 aliphatic carbocycles. The van der Waals surface area contributed by atoms with Gasteiger partial charge in [0.05, 0.1) is 0 Å². The number of aryl methyl sites for hydroxylation is 2. The van der Waals surface area contributed by atoms with Crippen molar-refractivity contribution in [2.75, 3.05) is 0 Å². The fourth-order valence-electron chi connectivity index (χ4n) is 9.35. The molecule has 0 fully saturated rings. The zero-order chi connectivity index (χ0) is 40.3. The van der Waals surface area contributed by atoms with E-state index < -0.39 is 0 Å². The van der Waals surface area contributed by atoms with Crippen molar-refractivity contribution in [3.05, 3.63) is 131 Å². The topological polar surface area (TPSA) is 0 Å². The summed E-state index contributed by atoms with van der Waals surface area (Å²) in [6, 6.07) is 35.6. The molecule has 0 nitrogen and oxygen atoms in total. The average Bonchev–Trinajstić information content (AvgIpc) is 3.25. The molecule has 0 radical (unpaired) electrons. The van der Waals surface area contributed by atoms with Crippen molar-refractivity contribution in [2.45, 2.75) is 182 Å². The Hall–Kier alpha value is -3.64. The second-order valence-corrected chi connectivity index (χ2v) is 18.0. The molecule has 0 bridgehead atoms. The van der Waals surface area contributed by atoms with E-state index in [1.54, 1.807) is 5.57 Å². The first-order valence-electron chi connectivity index (χ1n) is 23.7. The molecule has 4 aromatic carbocycles. The van der Waals surface area contributed by atoms with Crippen LogP contribution in [-0.4, -0.2) is 0 Å². The SMILES string of the molecule is CCCCCCCCC(C)(CCCCCCCC)C1=C(C)C=CC(c2cccc(-c3cc(-c4ccc(CCCC)cc4)cc(-c4ccc(CCCC)cc4)c3)c2)C1. The van der Waals surface area contributed by atoms with E-state index in [9.17, 15) is 0 Å². The summed E-state index contributed by atoms with van der Waals surface area (Å²) < 4.78 is 0. The Kier molecular flexibility index (Phi) is 18.5. The van der Waals surface area contributed by atoms with Crippen molar-refractivity contribution in [2.24, 2.45) is 5.41 Å². The predicted octanol–water partition coefficient (Wildman–Crippen LogP) is 18.2. The third kappa shape index (κ3) is 13.5. The lowest BCUT2D eigenvalue weighted by Gasteiger charge is -2.38. The molecule has 0 aromatic heterocycles. The molecule has 0 saturated carbocycles. The lowest BCUT2D eigenvalue weighted by Crippen LogP contribution is -2.24. The monoisotopic (exact) mass is 763 g/mol. The van der Waals surface area contributed by atoms with E-state index in [0.29, 0.717) is 5.92 Å². The second-order valence-electron chi connectivity index (χ2n) is 18.0. The van der Waals surface area contributed by atoms with Gasteiger partial charge in [0.2, 0.25) is 0 Å². The van der Waals surface area contributed by atoms with Crippen LogP contribution < -0.4 is 0 Å². The molecule has 0 saturated heterocycles. The quantitative estimate of drug-likeness (QED) is 0.0590. The van der Waals surface area contributed by atoms with Gasteiger partial charge in [0.25, 0.3) is 0 Å². The first-order chi connectivity index (χ1) is 27.9. The Morgan fingerprint density at radius 1 is 0.474 bits per heavy atom. The maximum Gasteiger partial charge on any atom is 0.00590 e. The van der Waals surface area contributed by atoms with Crippen molar-refractivity contribution < 1.29 is 0 Å². The Bertz CT molecular complexity index is 1730. The summed E-state index contributed by atoms with van der Waals surface area (Å²) >= 11 is 0. The fourth-order valence-corrected chi connectivity index (χ4v) is 9.35. The molecule has 57 heavy (non-hydrogen) atoms. The highest BCUT2D eigenvalue weighted by Gasteiger charge is 2.32. The summed E-state index contributed by atoms with van der Waals surface area (Å²) in [5.74, 6) is 0.408. The smallest absolute Gasteiger partial charge is 0.00590 e. The molecule has 0 heterocycles. The van der Waals surface area contributed by atoms with Gasteiger partial charge in [0.1, 0.15) is 0 Å². The van der Waals surface area contributed by atoms with Crippen LogP contribution in [0.1, 0.15) is 186 Å². The molecule has 0 N–H and O–H groups in total. The zero-order valence-corrected chi connectivity index (χ0v) is 37.2. The molecule has 0 amide bonds. The molecule has 0 heteroatoms. The summed E-state index contributed by atoms with van der Waals surface area (Å²) in [4.78, 5) is 0. The maximum absolute atomic E-state index is 2.64. The minimum absolute atomic E-state index is 0.279. The van der Waals surface area contributed by atoms with Crippen LogP contribution in [-0.2, 0) is 12.8 Å². The number of rotatable bonds is 25. The van der Waals surface area contributed by atoms with Crippen LogP contribution in [0.4, 0.5) is 0 Å². The Morgan fingerprint density at radius 2 is 0.930 bits per heavy atom. The minimum atomic E-state index is 0.279. The Balaban J connectivity index is 1.42. The van der Waals surface area contributed by atoms with Crippen molar-refractivity contribution in [1.82, 2.24) is 0 Å². The molecule has 306 valence electrons. The molecule has 1 unspecified atom stereocenters. The van der Waals surface area contributed by atoms with Crippen LogP contribution in [0.2, 0.25) is 0 Å². The first-order valence-corrected chi connectivity index (χ1v) is 23.7. The summed E-state index contributed by atoms with van der Waals surface area (Å²) in [7, 11) is 0. The summed E-state index contributed by atoms with van der Waals surface area (Å²) in [5, 5.41) is 0. The number of allylic oxidation sites excluding steroid dienone is 4. The summed E-state index contributed by atoms with van der Waals surface area (Å²) in [5.41, 5.74) is 15.7. The van der Waals surface area contributed by atoms with Crippen molar-refractivity contribution in [3.63, 3.8) is 0 Å². The van der Waals surface area contributed by atoms with Gasteiger partial charge in [-0.15, -0.1) is 0 Å². The van der Waals surface area contributed by atoms with Gasteiger partial charge in [-0.3, -0.25) is 0 Å². The lowest BCUT2D eigenvalue weighted by atomic mass is 9.67. The number of hydrogen-bond donors (Lipinski definition) is 0. The predicted molar refractivity (Wildman–Crippen MR) is 253 cm³/mol. The van der Waals surface area contributed by atoms with Gasteiger partial charge in [-0.2, -0.15) is 0 Å². The molecule has 0 aliphatic heterocycles. The third-order valence-electron chi connectivity index (χ3n) is 13.2. The van der Waals surface area contributed by atoms with E-state index >= 15 is 0 Å². The van der Waals surface area contributed by atoms with Crippen LogP contribution in [0.3, 0.4) is 0 Å². The van der Waals surface area contributed by atoms with E-state index in [0.717, 1.165) is 19.3 Å². The van der Waals surface area contributed by atoms with E-state index in [-0.39, 0.29) is 5.41 Å². The van der Waals surface area contributed by atoms with Gasteiger partial charge in [0, 0.05) is 5.92 Å². The highest BCUT2D eigenvalue weighted by molar-refractivity contribution is 5.81. The molecule has 4 aromatic rings. The highest BCUT2D eigenvalue weighted by atomic mass is 14.4. The van der Waals surface area contributed by atoms with Gasteiger partial charge in [-0.1, -0.05) is 221 Å². The molecular formula is C57H78. The molecule has 0 spiro atoms. The van der Waals surface area contributed by atoms with Crippen molar-refractivity contribution in [3.8, 4) is 33.4 Å². The Labute approximate surface area is 350 Å². The number of benzene rings is 4. The van der Waals surface area contributed by atoms with Gasteiger partial charge >= 0.3 is 0 Å². The standard InChI is InChI=1S/C57H78/c1-7-11-15-17-19-21-38-57(6,39-22-20-18-16-12-8-2)56-44-52(33-28-45(56)5)50-26-23-27-51(40-50)55-42-53(48-34-29-46(30-35-48)24-13-9-3)41-54(43-55)49-36-31-47(32-37-49)25-14-10-4/h23,26-37,40-43,52H,7-22,24-25,38-39,44H2,1-6H3. The average molecular weight is 763 g/mol.